The first-order chi connectivity index (χ1) is 11.0. The van der Waals surface area contributed by atoms with Gasteiger partial charge in [0.15, 0.2) is 9.84 Å². The number of hydrogen-bond acceptors (Lipinski definition) is 5. The molecule has 0 aliphatic carbocycles. The van der Waals surface area contributed by atoms with Gasteiger partial charge in [-0.05, 0) is 18.9 Å². The quantitative estimate of drug-likeness (QED) is 0.759. The topological polar surface area (TPSA) is 101 Å². The van der Waals surface area contributed by atoms with Crippen LogP contribution in [0.1, 0.15) is 17.5 Å². The van der Waals surface area contributed by atoms with E-state index in [1.54, 1.807) is 6.07 Å². The van der Waals surface area contributed by atoms with Gasteiger partial charge in [-0.25, -0.2) is 16.8 Å². The molecule has 0 spiro atoms. The van der Waals surface area contributed by atoms with Crippen molar-refractivity contribution < 1.29 is 21.6 Å². The Hall–Kier alpha value is -1.45. The molecule has 1 atom stereocenters. The lowest BCUT2D eigenvalue weighted by molar-refractivity contribution is -0.121. The Labute approximate surface area is 143 Å². The summed E-state index contributed by atoms with van der Waals surface area (Å²) in [7, 11) is -6.67. The summed E-state index contributed by atoms with van der Waals surface area (Å²) in [4.78, 5) is 12.1. The van der Waals surface area contributed by atoms with Crippen LogP contribution in [0.5, 0.6) is 0 Å². The summed E-state index contributed by atoms with van der Waals surface area (Å²) in [5.41, 5.74) is 1.79. The predicted molar refractivity (Wildman–Crippen MR) is 91.6 cm³/mol. The van der Waals surface area contributed by atoms with Crippen LogP contribution >= 0.6 is 0 Å². The molecule has 1 unspecified atom stereocenters. The van der Waals surface area contributed by atoms with E-state index in [1.807, 2.05) is 25.1 Å². The van der Waals surface area contributed by atoms with Gasteiger partial charge in [0, 0.05) is 12.6 Å². The Bertz CT molecular complexity index is 818. The summed E-state index contributed by atoms with van der Waals surface area (Å²) < 4.78 is 47.8. The molecule has 0 bridgehead atoms. The van der Waals surface area contributed by atoms with E-state index in [0.29, 0.717) is 6.42 Å². The van der Waals surface area contributed by atoms with Crippen molar-refractivity contribution in [2.45, 2.75) is 25.9 Å². The zero-order chi connectivity index (χ0) is 18.0. The van der Waals surface area contributed by atoms with Gasteiger partial charge in [-0.1, -0.05) is 29.8 Å². The van der Waals surface area contributed by atoms with Gasteiger partial charge in [-0.2, -0.15) is 4.31 Å². The Morgan fingerprint density at radius 2 is 2.08 bits per heavy atom. The van der Waals surface area contributed by atoms with Crippen LogP contribution in [0.3, 0.4) is 0 Å². The van der Waals surface area contributed by atoms with Gasteiger partial charge in [0.2, 0.25) is 15.9 Å². The molecule has 1 aliphatic rings. The first kappa shape index (κ1) is 18.9. The smallest absolute Gasteiger partial charge is 0.235 e. The molecule has 1 aliphatic heterocycles. The third-order valence-electron chi connectivity index (χ3n) is 3.83. The molecule has 2 rings (SSSR count). The highest BCUT2D eigenvalue weighted by molar-refractivity contribution is 7.91. The molecule has 24 heavy (non-hydrogen) atoms. The van der Waals surface area contributed by atoms with E-state index in [2.05, 4.69) is 5.32 Å². The maximum absolute atomic E-state index is 12.1. The van der Waals surface area contributed by atoms with Crippen LogP contribution < -0.4 is 5.32 Å². The van der Waals surface area contributed by atoms with Gasteiger partial charge in [-0.15, -0.1) is 0 Å². The lowest BCUT2D eigenvalue weighted by Gasteiger charge is -2.21. The van der Waals surface area contributed by atoms with Crippen molar-refractivity contribution in [2.24, 2.45) is 0 Å². The second-order valence-corrected chi connectivity index (χ2v) is 10.4. The van der Waals surface area contributed by atoms with Crippen LogP contribution in [0, 0.1) is 6.92 Å². The summed E-state index contributed by atoms with van der Waals surface area (Å²) in [6, 6.07) is 6.95. The van der Waals surface area contributed by atoms with Gasteiger partial charge in [0.1, 0.15) is 0 Å². The molecule has 134 valence electrons. The van der Waals surface area contributed by atoms with E-state index in [1.165, 1.54) is 0 Å². The predicted octanol–water partition coefficient (Wildman–Crippen LogP) is 0.0599. The normalized spacial score (nSPS) is 20.2. The molecule has 1 amide bonds. The van der Waals surface area contributed by atoms with Crippen molar-refractivity contribution in [2.75, 3.05) is 24.3 Å². The van der Waals surface area contributed by atoms with Gasteiger partial charge in [-0.3, -0.25) is 4.79 Å². The highest BCUT2D eigenvalue weighted by Crippen LogP contribution is 2.13. The second kappa shape index (κ2) is 7.20. The van der Waals surface area contributed by atoms with Crippen LogP contribution in [0.15, 0.2) is 24.3 Å². The maximum atomic E-state index is 12.1. The third-order valence-corrected chi connectivity index (χ3v) is 6.79. The number of amides is 1. The fourth-order valence-electron chi connectivity index (χ4n) is 2.65. The minimum atomic E-state index is -3.57. The molecular weight excluding hydrogens is 352 g/mol. The Balaban J connectivity index is 2.02. The van der Waals surface area contributed by atoms with Gasteiger partial charge in [0.25, 0.3) is 0 Å². The van der Waals surface area contributed by atoms with Gasteiger partial charge < -0.3 is 5.32 Å². The molecule has 1 heterocycles. The van der Waals surface area contributed by atoms with Crippen LogP contribution in [0.2, 0.25) is 0 Å². The van der Waals surface area contributed by atoms with Crippen molar-refractivity contribution in [1.29, 1.82) is 0 Å². The Kier molecular flexibility index (Phi) is 5.67. The maximum Gasteiger partial charge on any atom is 0.235 e. The number of rotatable bonds is 6. The summed E-state index contributed by atoms with van der Waals surface area (Å²) >= 11 is 0. The molecule has 1 fully saturated rings. The van der Waals surface area contributed by atoms with E-state index >= 15 is 0 Å². The molecule has 9 heteroatoms. The molecule has 0 radical (unpaired) electrons. The fourth-order valence-corrected chi connectivity index (χ4v) is 5.06. The minimum absolute atomic E-state index is 0.0526. The van der Waals surface area contributed by atoms with Crippen molar-refractivity contribution in [3.8, 4) is 0 Å². The largest absolute Gasteiger partial charge is 0.351 e. The molecule has 1 N–H and O–H groups in total. The molecule has 1 aromatic rings. The first-order valence-corrected chi connectivity index (χ1v) is 11.2. The van der Waals surface area contributed by atoms with E-state index in [9.17, 15) is 21.6 Å². The van der Waals surface area contributed by atoms with E-state index < -0.39 is 31.8 Å². The standard InChI is InChI=1S/C15H22N2O5S2/c1-12-4-3-5-13(8-12)9-17(23(2,19)20)10-15(18)16-14-6-7-24(21,22)11-14/h3-5,8,14H,6-7,9-11H2,1-2H3,(H,16,18). The zero-order valence-electron chi connectivity index (χ0n) is 13.7. The summed E-state index contributed by atoms with van der Waals surface area (Å²) in [6.45, 7) is 1.67. The number of benzene rings is 1. The van der Waals surface area contributed by atoms with Crippen molar-refractivity contribution in [3.05, 3.63) is 35.4 Å². The molecular formula is C15H22N2O5S2. The Morgan fingerprint density at radius 3 is 2.62 bits per heavy atom. The Morgan fingerprint density at radius 1 is 1.38 bits per heavy atom. The zero-order valence-corrected chi connectivity index (χ0v) is 15.4. The second-order valence-electron chi connectivity index (χ2n) is 6.19. The number of aryl methyl sites for hydroxylation is 1. The van der Waals surface area contributed by atoms with Crippen molar-refractivity contribution >= 4 is 25.8 Å². The fraction of sp³-hybridized carbons (Fsp3) is 0.533. The minimum Gasteiger partial charge on any atom is -0.351 e. The van der Waals surface area contributed by atoms with Crippen LogP contribution in [0.4, 0.5) is 0 Å². The summed E-state index contributed by atoms with van der Waals surface area (Å²) in [5.74, 6) is -0.526. The molecule has 7 nitrogen and oxygen atoms in total. The summed E-state index contributed by atoms with van der Waals surface area (Å²) in [5, 5.41) is 2.61. The number of carbonyl (C=O) groups is 1. The first-order valence-electron chi connectivity index (χ1n) is 7.56. The lowest BCUT2D eigenvalue weighted by atomic mass is 10.1. The third kappa shape index (κ3) is 5.57. The van der Waals surface area contributed by atoms with Crippen molar-refractivity contribution in [1.82, 2.24) is 9.62 Å². The average molecular weight is 374 g/mol. The van der Waals surface area contributed by atoms with E-state index in [-0.39, 0.29) is 24.6 Å². The number of hydrogen-bond donors (Lipinski definition) is 1. The SMILES string of the molecule is Cc1cccc(CN(CC(=O)NC2CCS(=O)(=O)C2)S(C)(=O)=O)c1. The highest BCUT2D eigenvalue weighted by Gasteiger charge is 2.30. The number of nitrogens with one attached hydrogen (secondary N) is 1. The molecule has 1 aromatic carbocycles. The van der Waals surface area contributed by atoms with Crippen LogP contribution in [-0.2, 0) is 31.2 Å². The van der Waals surface area contributed by atoms with Gasteiger partial charge >= 0.3 is 0 Å². The lowest BCUT2D eigenvalue weighted by Crippen LogP contribution is -2.44. The van der Waals surface area contributed by atoms with E-state index in [4.69, 9.17) is 0 Å². The van der Waals surface area contributed by atoms with Crippen LogP contribution in [-0.4, -0.2) is 57.4 Å². The molecule has 0 aromatic heterocycles. The average Bonchev–Trinajstić information content (AvgIpc) is 2.76. The van der Waals surface area contributed by atoms with Crippen LogP contribution in [0.25, 0.3) is 0 Å². The molecule has 0 saturated carbocycles. The van der Waals surface area contributed by atoms with E-state index in [0.717, 1.165) is 21.7 Å². The number of sulfonamides is 1. The highest BCUT2D eigenvalue weighted by atomic mass is 32.2. The number of nitrogens with zero attached hydrogens (tertiary/aromatic N) is 1. The number of sulfone groups is 1. The van der Waals surface area contributed by atoms with Gasteiger partial charge in [0.05, 0.1) is 24.3 Å². The van der Waals surface area contributed by atoms with Crippen molar-refractivity contribution in [3.63, 3.8) is 0 Å². The number of carbonyl (C=O) groups excluding carboxylic acids is 1. The molecule has 1 saturated heterocycles. The monoisotopic (exact) mass is 374 g/mol. The summed E-state index contributed by atoms with van der Waals surface area (Å²) in [6.07, 6.45) is 1.42.